The minimum Gasteiger partial charge on any atom is -0.432 e. The van der Waals surface area contributed by atoms with Crippen molar-refractivity contribution in [1.82, 2.24) is 15.0 Å². The number of aromatic nitrogens is 3. The largest absolute Gasteiger partial charge is 0.432 e. The highest BCUT2D eigenvalue weighted by Crippen LogP contribution is 2.50. The Labute approximate surface area is 186 Å². The first-order valence-electron chi connectivity index (χ1n) is 10.9. The van der Waals surface area contributed by atoms with E-state index >= 15 is 0 Å². The summed E-state index contributed by atoms with van der Waals surface area (Å²) < 4.78 is 5.10. The number of oxazole rings is 1. The second-order valence-electron chi connectivity index (χ2n) is 8.38. The summed E-state index contributed by atoms with van der Waals surface area (Å²) in [6.45, 7) is 1.87. The van der Waals surface area contributed by atoms with Crippen LogP contribution in [0.1, 0.15) is 41.4 Å². The van der Waals surface area contributed by atoms with Gasteiger partial charge in [-0.25, -0.2) is 15.0 Å². The Hall–Kier alpha value is -3.41. The maximum atomic E-state index is 9.91. The van der Waals surface area contributed by atoms with E-state index in [0.29, 0.717) is 23.9 Å². The fraction of sp³-hybridized carbons (Fsp3) is 0.375. The van der Waals surface area contributed by atoms with E-state index in [4.69, 9.17) is 10.2 Å². The number of hydrogen-bond donors (Lipinski definition) is 3. The highest BCUT2D eigenvalue weighted by molar-refractivity contribution is 5.47. The Kier molecular flexibility index (Phi) is 5.52. The topological polar surface area (TPSA) is 113 Å². The predicted octanol–water partition coefficient (Wildman–Crippen LogP) is 2.26. The number of nitrogens with one attached hydrogen (secondary N) is 1. The molecule has 3 heterocycles. The lowest BCUT2D eigenvalue weighted by Gasteiger charge is -2.42. The van der Waals surface area contributed by atoms with E-state index in [0.717, 1.165) is 38.2 Å². The molecule has 2 aromatic heterocycles. The van der Waals surface area contributed by atoms with Crippen molar-refractivity contribution < 1.29 is 9.52 Å². The van der Waals surface area contributed by atoms with Crippen LogP contribution in [0.2, 0.25) is 0 Å². The van der Waals surface area contributed by atoms with Crippen molar-refractivity contribution in [2.45, 2.75) is 31.9 Å². The Balaban J connectivity index is 1.25. The number of fused-ring (bicyclic) bond motifs is 1. The van der Waals surface area contributed by atoms with Crippen LogP contribution in [0.4, 0.5) is 11.8 Å². The molecule has 8 nitrogen and oxygen atoms in total. The lowest BCUT2D eigenvalue weighted by Crippen LogP contribution is -2.45. The van der Waals surface area contributed by atoms with Crippen molar-refractivity contribution in [2.75, 3.05) is 29.9 Å². The molecule has 1 saturated heterocycles. The van der Waals surface area contributed by atoms with Gasteiger partial charge in [-0.2, -0.15) is 0 Å². The molecule has 1 fully saturated rings. The normalized spacial score (nSPS) is 18.8. The number of piperidine rings is 1. The number of hydrogen-bond acceptors (Lipinski definition) is 8. The molecule has 164 valence electrons. The quantitative estimate of drug-likeness (QED) is 0.540. The Morgan fingerprint density at radius 2 is 2.09 bits per heavy atom. The molecule has 5 rings (SSSR count). The molecule has 1 aromatic carbocycles. The average molecular weight is 431 g/mol. The summed E-state index contributed by atoms with van der Waals surface area (Å²) in [5.74, 6) is 6.66. The van der Waals surface area contributed by atoms with Gasteiger partial charge in [-0.3, -0.25) is 0 Å². The Bertz CT molecular complexity index is 1140. The first-order chi connectivity index (χ1) is 15.7. The molecule has 8 heteroatoms. The number of anilines is 2. The van der Waals surface area contributed by atoms with Crippen LogP contribution < -0.4 is 16.0 Å². The van der Waals surface area contributed by atoms with E-state index in [-0.39, 0.29) is 18.1 Å². The maximum Gasteiger partial charge on any atom is 0.295 e. The number of aliphatic hydroxyl groups excluding tert-OH is 1. The molecule has 32 heavy (non-hydrogen) atoms. The molecule has 0 amide bonds. The lowest BCUT2D eigenvalue weighted by atomic mass is 9.73. The first kappa shape index (κ1) is 20.5. The molecule has 0 radical (unpaired) electrons. The van der Waals surface area contributed by atoms with Gasteiger partial charge in [-0.15, -0.1) is 0 Å². The third kappa shape index (κ3) is 3.81. The van der Waals surface area contributed by atoms with Crippen molar-refractivity contribution >= 4 is 11.8 Å². The van der Waals surface area contributed by atoms with Crippen LogP contribution in [0.15, 0.2) is 47.3 Å². The monoisotopic (exact) mass is 430 g/mol. The number of benzene rings is 1. The number of nitrogens with zero attached hydrogens (tertiary/aromatic N) is 4. The van der Waals surface area contributed by atoms with Crippen molar-refractivity contribution in [2.24, 2.45) is 11.1 Å². The van der Waals surface area contributed by atoms with Gasteiger partial charge in [0.1, 0.15) is 17.7 Å². The minimum absolute atomic E-state index is 0.0758. The Morgan fingerprint density at radius 3 is 2.84 bits per heavy atom. The van der Waals surface area contributed by atoms with Crippen LogP contribution in [0.3, 0.4) is 0 Å². The molecule has 4 N–H and O–H groups in total. The molecule has 1 aliphatic heterocycles. The molecule has 1 aliphatic carbocycles. The highest BCUT2D eigenvalue weighted by Gasteiger charge is 2.46. The van der Waals surface area contributed by atoms with E-state index < -0.39 is 0 Å². The maximum absolute atomic E-state index is 9.91. The van der Waals surface area contributed by atoms with Crippen molar-refractivity contribution in [3.63, 3.8) is 0 Å². The SMILES string of the molecule is N[C@@H]1c2ccccc2CC12CCN(c1ncc(C#CCNc3ncco3)nc1CO)CC2. The summed E-state index contributed by atoms with van der Waals surface area (Å²) in [5.41, 5.74) is 10.5. The fourth-order valence-corrected chi connectivity index (χ4v) is 4.89. The van der Waals surface area contributed by atoms with Gasteiger partial charge in [0.25, 0.3) is 6.01 Å². The van der Waals surface area contributed by atoms with Gasteiger partial charge < -0.3 is 25.5 Å². The number of nitrogens with two attached hydrogens (primary N) is 1. The average Bonchev–Trinajstić information content (AvgIpc) is 3.44. The van der Waals surface area contributed by atoms with E-state index in [1.165, 1.54) is 17.4 Å². The molecule has 3 aromatic rings. The zero-order valence-electron chi connectivity index (χ0n) is 17.8. The van der Waals surface area contributed by atoms with E-state index in [9.17, 15) is 5.11 Å². The van der Waals surface area contributed by atoms with Crippen LogP contribution in [0, 0.1) is 17.3 Å². The fourth-order valence-electron chi connectivity index (χ4n) is 4.89. The highest BCUT2D eigenvalue weighted by atomic mass is 16.4. The molecule has 1 atom stereocenters. The summed E-state index contributed by atoms with van der Waals surface area (Å²) >= 11 is 0. The smallest absolute Gasteiger partial charge is 0.295 e. The Morgan fingerprint density at radius 1 is 1.25 bits per heavy atom. The van der Waals surface area contributed by atoms with Gasteiger partial charge in [0.2, 0.25) is 0 Å². The lowest BCUT2D eigenvalue weighted by molar-refractivity contribution is 0.186. The summed E-state index contributed by atoms with van der Waals surface area (Å²) in [7, 11) is 0. The van der Waals surface area contributed by atoms with E-state index in [1.807, 2.05) is 0 Å². The minimum atomic E-state index is -0.182. The first-order valence-corrected chi connectivity index (χ1v) is 10.9. The van der Waals surface area contributed by atoms with Crippen LogP contribution in [-0.2, 0) is 13.0 Å². The second kappa shape index (κ2) is 8.61. The zero-order chi connectivity index (χ0) is 22.0. The van der Waals surface area contributed by atoms with E-state index in [1.54, 1.807) is 12.4 Å². The van der Waals surface area contributed by atoms with E-state index in [2.05, 4.69) is 61.3 Å². The van der Waals surface area contributed by atoms with Gasteiger partial charge in [-0.05, 0) is 41.7 Å². The molecule has 0 unspecified atom stereocenters. The summed E-state index contributed by atoms with van der Waals surface area (Å²) in [5, 5.41) is 12.9. The zero-order valence-corrected chi connectivity index (χ0v) is 17.8. The standard InChI is InChI=1S/C24H26N6O2/c25-21-19-6-2-1-4-17(19)14-24(21)7-11-30(12-8-24)22-20(16-31)29-18(15-28-22)5-3-9-26-23-27-10-13-32-23/h1-2,4,6,10,13,15,21,31H,7-9,11-12,14,16,25H2,(H,26,27)/t21-/m1/s1. The van der Waals surface area contributed by atoms with Gasteiger partial charge >= 0.3 is 0 Å². The van der Waals surface area contributed by atoms with Crippen LogP contribution in [-0.4, -0.2) is 39.7 Å². The third-order valence-electron chi connectivity index (χ3n) is 6.60. The van der Waals surface area contributed by atoms with Crippen molar-refractivity contribution in [3.8, 4) is 11.8 Å². The molecule has 2 aliphatic rings. The van der Waals surface area contributed by atoms with Crippen LogP contribution in [0.5, 0.6) is 0 Å². The van der Waals surface area contributed by atoms with Crippen molar-refractivity contribution in [3.05, 3.63) is 65.4 Å². The number of rotatable bonds is 4. The third-order valence-corrected chi connectivity index (χ3v) is 6.60. The summed E-state index contributed by atoms with van der Waals surface area (Å²) in [4.78, 5) is 15.3. The number of aliphatic hydroxyl groups is 1. The summed E-state index contributed by atoms with van der Waals surface area (Å²) in [6, 6.07) is 9.03. The van der Waals surface area contributed by atoms with Crippen molar-refractivity contribution in [1.29, 1.82) is 0 Å². The molecule has 0 saturated carbocycles. The molecule has 0 bridgehead atoms. The molecule has 1 spiro atoms. The molecular formula is C24H26N6O2. The van der Waals surface area contributed by atoms with Gasteiger partial charge in [0.15, 0.2) is 5.82 Å². The molecular weight excluding hydrogens is 404 g/mol. The van der Waals surface area contributed by atoms with Crippen LogP contribution >= 0.6 is 0 Å². The van der Waals surface area contributed by atoms with Gasteiger partial charge in [-0.1, -0.05) is 30.2 Å². The van der Waals surface area contributed by atoms with Crippen LogP contribution in [0.25, 0.3) is 0 Å². The van der Waals surface area contributed by atoms with Gasteiger partial charge in [0.05, 0.1) is 25.5 Å². The van der Waals surface area contributed by atoms with Gasteiger partial charge in [0, 0.05) is 19.1 Å². The summed E-state index contributed by atoms with van der Waals surface area (Å²) in [6.07, 6.45) is 7.73. The second-order valence-corrected chi connectivity index (χ2v) is 8.38. The predicted molar refractivity (Wildman–Crippen MR) is 121 cm³/mol.